The maximum atomic E-state index is 13.0. The zero-order chi connectivity index (χ0) is 18.5. The van der Waals surface area contributed by atoms with Crippen LogP contribution in [0.25, 0.3) is 11.3 Å². The van der Waals surface area contributed by atoms with Crippen molar-refractivity contribution in [3.8, 4) is 11.3 Å². The standard InChI is InChI=1S/C22H24N4O/c27-22(24-25-14-8-3-9-15-25)20-17-26(16-18-10-4-1-5-11-18)23-21(20)19-12-6-2-7-13-19/h1-2,4-7,10-13,17H,3,8-9,14-16H2,(H,24,27). The molecule has 1 N–H and O–H groups in total. The molecular weight excluding hydrogens is 336 g/mol. The Morgan fingerprint density at radius 3 is 2.30 bits per heavy atom. The molecule has 1 aliphatic rings. The highest BCUT2D eigenvalue weighted by Crippen LogP contribution is 2.22. The van der Waals surface area contributed by atoms with Crippen LogP contribution in [0.4, 0.5) is 0 Å². The number of carbonyl (C=O) groups is 1. The minimum absolute atomic E-state index is 0.0879. The Kier molecular flexibility index (Phi) is 5.30. The molecule has 1 amide bonds. The third-order valence-electron chi connectivity index (χ3n) is 4.86. The molecule has 0 radical (unpaired) electrons. The Balaban J connectivity index is 1.62. The Bertz CT molecular complexity index is 883. The van der Waals surface area contributed by atoms with E-state index in [9.17, 15) is 4.79 Å². The summed E-state index contributed by atoms with van der Waals surface area (Å²) in [7, 11) is 0. The maximum absolute atomic E-state index is 13.0. The first-order valence-electron chi connectivity index (χ1n) is 9.52. The van der Waals surface area contributed by atoms with Gasteiger partial charge in [0.2, 0.25) is 0 Å². The van der Waals surface area contributed by atoms with Gasteiger partial charge >= 0.3 is 0 Å². The zero-order valence-corrected chi connectivity index (χ0v) is 15.3. The number of piperidine rings is 1. The Morgan fingerprint density at radius 1 is 0.926 bits per heavy atom. The minimum Gasteiger partial charge on any atom is -0.285 e. The number of carbonyl (C=O) groups excluding carboxylic acids is 1. The number of hydrogen-bond acceptors (Lipinski definition) is 3. The molecule has 1 aliphatic heterocycles. The molecule has 1 aromatic heterocycles. The highest BCUT2D eigenvalue weighted by atomic mass is 16.2. The van der Waals surface area contributed by atoms with E-state index >= 15 is 0 Å². The van der Waals surface area contributed by atoms with Crippen molar-refractivity contribution in [1.29, 1.82) is 0 Å². The molecule has 5 heteroatoms. The van der Waals surface area contributed by atoms with Crippen molar-refractivity contribution in [2.45, 2.75) is 25.8 Å². The van der Waals surface area contributed by atoms with E-state index in [0.717, 1.165) is 42.8 Å². The maximum Gasteiger partial charge on any atom is 0.269 e. The van der Waals surface area contributed by atoms with E-state index in [1.807, 2.05) is 64.4 Å². The molecule has 138 valence electrons. The third kappa shape index (κ3) is 4.26. The van der Waals surface area contributed by atoms with E-state index < -0.39 is 0 Å². The molecular formula is C22H24N4O. The van der Waals surface area contributed by atoms with E-state index in [0.29, 0.717) is 12.1 Å². The summed E-state index contributed by atoms with van der Waals surface area (Å²) < 4.78 is 1.85. The van der Waals surface area contributed by atoms with Gasteiger partial charge in [-0.05, 0) is 18.4 Å². The molecule has 3 aromatic rings. The average molecular weight is 360 g/mol. The van der Waals surface area contributed by atoms with Gasteiger partial charge in [0.25, 0.3) is 5.91 Å². The molecule has 5 nitrogen and oxygen atoms in total. The zero-order valence-electron chi connectivity index (χ0n) is 15.3. The SMILES string of the molecule is O=C(NN1CCCCC1)c1cn(Cc2ccccc2)nc1-c1ccccc1. The van der Waals surface area contributed by atoms with Crippen molar-refractivity contribution in [2.24, 2.45) is 0 Å². The second kappa shape index (κ2) is 8.18. The first-order valence-corrected chi connectivity index (χ1v) is 9.52. The van der Waals surface area contributed by atoms with Gasteiger partial charge < -0.3 is 0 Å². The summed E-state index contributed by atoms with van der Waals surface area (Å²) >= 11 is 0. The minimum atomic E-state index is -0.0879. The second-order valence-electron chi connectivity index (χ2n) is 6.93. The predicted octanol–water partition coefficient (Wildman–Crippen LogP) is 3.73. The lowest BCUT2D eigenvalue weighted by Gasteiger charge is -2.26. The number of amides is 1. The molecule has 2 aromatic carbocycles. The molecule has 27 heavy (non-hydrogen) atoms. The number of nitrogens with one attached hydrogen (secondary N) is 1. The van der Waals surface area contributed by atoms with Crippen LogP contribution in [0, 0.1) is 0 Å². The smallest absolute Gasteiger partial charge is 0.269 e. The third-order valence-corrected chi connectivity index (χ3v) is 4.86. The first kappa shape index (κ1) is 17.5. The van der Waals surface area contributed by atoms with Crippen LogP contribution in [-0.4, -0.2) is 33.8 Å². The Morgan fingerprint density at radius 2 is 1.59 bits per heavy atom. The van der Waals surface area contributed by atoms with Crippen molar-refractivity contribution in [1.82, 2.24) is 20.2 Å². The van der Waals surface area contributed by atoms with Gasteiger partial charge in [0.05, 0.1) is 12.1 Å². The normalized spacial score (nSPS) is 14.8. The molecule has 0 aliphatic carbocycles. The van der Waals surface area contributed by atoms with E-state index in [1.54, 1.807) is 0 Å². The monoisotopic (exact) mass is 360 g/mol. The lowest BCUT2D eigenvalue weighted by atomic mass is 10.1. The van der Waals surface area contributed by atoms with E-state index in [-0.39, 0.29) is 5.91 Å². The molecule has 0 bridgehead atoms. The molecule has 2 heterocycles. The second-order valence-corrected chi connectivity index (χ2v) is 6.93. The summed E-state index contributed by atoms with van der Waals surface area (Å²) in [6.45, 7) is 2.45. The van der Waals surface area contributed by atoms with E-state index in [4.69, 9.17) is 5.10 Å². The van der Waals surface area contributed by atoms with Gasteiger partial charge in [0.15, 0.2) is 0 Å². The summed E-state index contributed by atoms with van der Waals surface area (Å²) in [4.78, 5) is 13.0. The quantitative estimate of drug-likeness (QED) is 0.754. The predicted molar refractivity (Wildman–Crippen MR) is 106 cm³/mol. The van der Waals surface area contributed by atoms with Crippen LogP contribution in [0.5, 0.6) is 0 Å². The topological polar surface area (TPSA) is 50.2 Å². The van der Waals surface area contributed by atoms with Crippen LogP contribution in [-0.2, 0) is 6.54 Å². The van der Waals surface area contributed by atoms with Crippen LogP contribution < -0.4 is 5.43 Å². The van der Waals surface area contributed by atoms with Crippen LogP contribution in [0.3, 0.4) is 0 Å². The highest BCUT2D eigenvalue weighted by molar-refractivity contribution is 5.99. The fourth-order valence-corrected chi connectivity index (χ4v) is 3.46. The molecule has 1 saturated heterocycles. The van der Waals surface area contributed by atoms with Gasteiger partial charge in [-0.15, -0.1) is 0 Å². The highest BCUT2D eigenvalue weighted by Gasteiger charge is 2.20. The summed E-state index contributed by atoms with van der Waals surface area (Å²) in [6.07, 6.45) is 5.34. The number of benzene rings is 2. The largest absolute Gasteiger partial charge is 0.285 e. The van der Waals surface area contributed by atoms with Crippen LogP contribution in [0.15, 0.2) is 66.9 Å². The Labute approximate surface area is 159 Å². The summed E-state index contributed by atoms with van der Waals surface area (Å²) in [6, 6.07) is 20.1. The van der Waals surface area contributed by atoms with Gasteiger partial charge in [-0.1, -0.05) is 67.1 Å². The number of aromatic nitrogens is 2. The van der Waals surface area contributed by atoms with E-state index in [2.05, 4.69) is 17.6 Å². The molecule has 0 spiro atoms. The molecule has 4 rings (SSSR count). The van der Waals surface area contributed by atoms with Crippen molar-refractivity contribution >= 4 is 5.91 Å². The van der Waals surface area contributed by atoms with Crippen LogP contribution >= 0.6 is 0 Å². The summed E-state index contributed by atoms with van der Waals surface area (Å²) in [5, 5.41) is 6.75. The van der Waals surface area contributed by atoms with Crippen LogP contribution in [0.2, 0.25) is 0 Å². The first-order chi connectivity index (χ1) is 13.3. The van der Waals surface area contributed by atoms with Gasteiger partial charge in [0, 0.05) is 24.8 Å². The van der Waals surface area contributed by atoms with Crippen molar-refractivity contribution in [3.05, 3.63) is 78.0 Å². The number of nitrogens with zero attached hydrogens (tertiary/aromatic N) is 3. The number of rotatable bonds is 5. The van der Waals surface area contributed by atoms with Crippen molar-refractivity contribution < 1.29 is 4.79 Å². The lowest BCUT2D eigenvalue weighted by Crippen LogP contribution is -2.45. The fourth-order valence-electron chi connectivity index (χ4n) is 3.46. The molecule has 0 atom stereocenters. The van der Waals surface area contributed by atoms with Gasteiger partial charge in [0.1, 0.15) is 5.69 Å². The Hall–Kier alpha value is -2.92. The lowest BCUT2D eigenvalue weighted by molar-refractivity contribution is 0.0750. The van der Waals surface area contributed by atoms with Crippen molar-refractivity contribution in [3.63, 3.8) is 0 Å². The number of hydrazine groups is 1. The van der Waals surface area contributed by atoms with Gasteiger partial charge in [-0.3, -0.25) is 14.9 Å². The van der Waals surface area contributed by atoms with Crippen LogP contribution in [0.1, 0.15) is 35.2 Å². The molecule has 1 fully saturated rings. The summed E-state index contributed by atoms with van der Waals surface area (Å²) in [5.41, 5.74) is 6.51. The average Bonchev–Trinajstić information content (AvgIpc) is 3.14. The fraction of sp³-hybridized carbons (Fsp3) is 0.273. The molecule has 0 saturated carbocycles. The van der Waals surface area contributed by atoms with Gasteiger partial charge in [-0.25, -0.2) is 5.01 Å². The number of hydrogen-bond donors (Lipinski definition) is 1. The van der Waals surface area contributed by atoms with Gasteiger partial charge in [-0.2, -0.15) is 5.10 Å². The molecule has 0 unspecified atom stereocenters. The van der Waals surface area contributed by atoms with E-state index in [1.165, 1.54) is 6.42 Å². The summed E-state index contributed by atoms with van der Waals surface area (Å²) in [5.74, 6) is -0.0879. The van der Waals surface area contributed by atoms with Crippen molar-refractivity contribution in [2.75, 3.05) is 13.1 Å².